The van der Waals surface area contributed by atoms with Gasteiger partial charge < -0.3 is 15.5 Å². The summed E-state index contributed by atoms with van der Waals surface area (Å²) in [6, 6.07) is 14.7. The van der Waals surface area contributed by atoms with Crippen LogP contribution in [0.3, 0.4) is 0 Å². The lowest BCUT2D eigenvalue weighted by atomic mass is 10.2. The van der Waals surface area contributed by atoms with Gasteiger partial charge in [-0.3, -0.25) is 9.30 Å². The molecule has 1 aromatic carbocycles. The van der Waals surface area contributed by atoms with E-state index < -0.39 is 0 Å². The zero-order valence-electron chi connectivity index (χ0n) is 19.9. The molecule has 1 aliphatic rings. The number of benzene rings is 1. The summed E-state index contributed by atoms with van der Waals surface area (Å²) in [5, 5.41) is 15.2. The number of unbranched alkanes of at least 4 members (excludes halogenated alkanes) is 1. The van der Waals surface area contributed by atoms with Gasteiger partial charge in [-0.2, -0.15) is 0 Å². The second kappa shape index (κ2) is 11.7. The highest BCUT2D eigenvalue weighted by atomic mass is 15.3. The first-order chi connectivity index (χ1) is 16.2. The maximum atomic E-state index is 4.69. The molecule has 4 rings (SSSR count). The third-order valence-electron chi connectivity index (χ3n) is 6.04. The molecule has 33 heavy (non-hydrogen) atoms. The highest BCUT2D eigenvalue weighted by Gasteiger charge is 2.16. The molecule has 3 aromatic rings. The van der Waals surface area contributed by atoms with Crippen LogP contribution in [0.5, 0.6) is 0 Å². The van der Waals surface area contributed by atoms with Gasteiger partial charge in [0.25, 0.3) is 0 Å². The van der Waals surface area contributed by atoms with Gasteiger partial charge in [0.15, 0.2) is 17.4 Å². The molecule has 3 heterocycles. The van der Waals surface area contributed by atoms with Crippen molar-refractivity contribution in [2.24, 2.45) is 4.99 Å². The lowest BCUT2D eigenvalue weighted by molar-refractivity contribution is 0.253. The van der Waals surface area contributed by atoms with Crippen LogP contribution in [0.15, 0.2) is 53.7 Å². The van der Waals surface area contributed by atoms with E-state index in [0.29, 0.717) is 6.54 Å². The summed E-state index contributed by atoms with van der Waals surface area (Å²) in [7, 11) is 0. The van der Waals surface area contributed by atoms with Crippen molar-refractivity contribution in [3.8, 4) is 0 Å². The van der Waals surface area contributed by atoms with Crippen LogP contribution in [0, 0.1) is 6.92 Å². The van der Waals surface area contributed by atoms with E-state index in [1.807, 2.05) is 28.8 Å². The van der Waals surface area contributed by atoms with Crippen LogP contribution in [0.25, 0.3) is 5.65 Å². The molecule has 0 radical (unpaired) electrons. The molecule has 0 unspecified atom stereocenters. The Balaban J connectivity index is 1.16. The second-order valence-electron chi connectivity index (χ2n) is 8.54. The quantitative estimate of drug-likeness (QED) is 0.298. The van der Waals surface area contributed by atoms with Crippen molar-refractivity contribution in [3.63, 3.8) is 0 Å². The topological polar surface area (TPSA) is 73.1 Å². The molecular formula is C25H36N8. The van der Waals surface area contributed by atoms with Crippen LogP contribution in [-0.4, -0.2) is 71.3 Å². The number of piperazine rings is 1. The van der Waals surface area contributed by atoms with Crippen LogP contribution >= 0.6 is 0 Å². The maximum absolute atomic E-state index is 4.69. The number of pyridine rings is 1. The van der Waals surface area contributed by atoms with Crippen molar-refractivity contribution >= 4 is 17.3 Å². The van der Waals surface area contributed by atoms with E-state index in [9.17, 15) is 0 Å². The van der Waals surface area contributed by atoms with Crippen molar-refractivity contribution in [1.29, 1.82) is 0 Å². The van der Waals surface area contributed by atoms with Gasteiger partial charge in [0, 0.05) is 51.2 Å². The van der Waals surface area contributed by atoms with Gasteiger partial charge in [0.05, 0.1) is 0 Å². The Morgan fingerprint density at radius 2 is 1.88 bits per heavy atom. The van der Waals surface area contributed by atoms with Crippen LogP contribution < -0.4 is 15.5 Å². The van der Waals surface area contributed by atoms with E-state index in [0.717, 1.165) is 69.7 Å². The zero-order valence-corrected chi connectivity index (χ0v) is 19.9. The van der Waals surface area contributed by atoms with Gasteiger partial charge in [0.1, 0.15) is 6.54 Å². The highest BCUT2D eigenvalue weighted by Crippen LogP contribution is 2.17. The summed E-state index contributed by atoms with van der Waals surface area (Å²) >= 11 is 0. The monoisotopic (exact) mass is 448 g/mol. The molecule has 0 bridgehead atoms. The predicted molar refractivity (Wildman–Crippen MR) is 135 cm³/mol. The SMILES string of the molecule is CCNC(=NCc1nnc2ccccn12)NCCCCN1CCN(c2cccc(C)c2)CC1. The summed E-state index contributed by atoms with van der Waals surface area (Å²) in [5.41, 5.74) is 3.53. The molecule has 0 aliphatic carbocycles. The molecular weight excluding hydrogens is 412 g/mol. The van der Waals surface area contributed by atoms with Crippen molar-refractivity contribution in [1.82, 2.24) is 30.1 Å². The predicted octanol–water partition coefficient (Wildman–Crippen LogP) is 2.70. The van der Waals surface area contributed by atoms with E-state index in [1.165, 1.54) is 17.7 Å². The fourth-order valence-corrected chi connectivity index (χ4v) is 4.21. The average molecular weight is 449 g/mol. The fourth-order valence-electron chi connectivity index (χ4n) is 4.21. The van der Waals surface area contributed by atoms with Gasteiger partial charge in [-0.25, -0.2) is 4.99 Å². The highest BCUT2D eigenvalue weighted by molar-refractivity contribution is 5.79. The third-order valence-corrected chi connectivity index (χ3v) is 6.04. The summed E-state index contributed by atoms with van der Waals surface area (Å²) in [5.74, 6) is 1.67. The van der Waals surface area contributed by atoms with Crippen LogP contribution in [0.4, 0.5) is 5.69 Å². The number of aryl methyl sites for hydroxylation is 1. The van der Waals surface area contributed by atoms with Gasteiger partial charge in [-0.1, -0.05) is 18.2 Å². The van der Waals surface area contributed by atoms with Gasteiger partial charge in [-0.05, 0) is 63.1 Å². The number of aromatic nitrogens is 3. The first-order valence-corrected chi connectivity index (χ1v) is 12.1. The number of hydrogen-bond donors (Lipinski definition) is 2. The Morgan fingerprint density at radius 1 is 1.00 bits per heavy atom. The van der Waals surface area contributed by atoms with Crippen molar-refractivity contribution in [2.45, 2.75) is 33.2 Å². The zero-order chi connectivity index (χ0) is 22.9. The number of nitrogens with zero attached hydrogens (tertiary/aromatic N) is 6. The van der Waals surface area contributed by atoms with Gasteiger partial charge >= 0.3 is 0 Å². The van der Waals surface area contributed by atoms with Gasteiger partial charge in [0.2, 0.25) is 0 Å². The van der Waals surface area contributed by atoms with Crippen molar-refractivity contribution < 1.29 is 0 Å². The molecule has 176 valence electrons. The molecule has 0 atom stereocenters. The Labute approximate surface area is 196 Å². The number of fused-ring (bicyclic) bond motifs is 1. The lowest BCUT2D eigenvalue weighted by Crippen LogP contribution is -2.46. The van der Waals surface area contributed by atoms with Crippen molar-refractivity contribution in [3.05, 3.63) is 60.0 Å². The minimum Gasteiger partial charge on any atom is -0.369 e. The molecule has 1 saturated heterocycles. The Hall–Kier alpha value is -3.13. The molecule has 8 nitrogen and oxygen atoms in total. The summed E-state index contributed by atoms with van der Waals surface area (Å²) in [6.07, 6.45) is 4.28. The molecule has 2 aromatic heterocycles. The first kappa shape index (κ1) is 23.0. The Morgan fingerprint density at radius 3 is 2.70 bits per heavy atom. The molecule has 0 amide bonds. The van der Waals surface area contributed by atoms with E-state index in [-0.39, 0.29) is 0 Å². The minimum atomic E-state index is 0.492. The number of anilines is 1. The molecule has 0 spiro atoms. The number of rotatable bonds is 9. The summed E-state index contributed by atoms with van der Waals surface area (Å²) in [6.45, 7) is 12.1. The average Bonchev–Trinajstić information content (AvgIpc) is 3.26. The number of aliphatic imine (C=N–C) groups is 1. The molecule has 8 heteroatoms. The smallest absolute Gasteiger partial charge is 0.191 e. The van der Waals surface area contributed by atoms with Gasteiger partial charge in [-0.15, -0.1) is 10.2 Å². The number of guanidine groups is 1. The molecule has 0 saturated carbocycles. The molecule has 1 aliphatic heterocycles. The van der Waals surface area contributed by atoms with Crippen LogP contribution in [0.2, 0.25) is 0 Å². The van der Waals surface area contributed by atoms with Crippen molar-refractivity contribution in [2.75, 3.05) is 50.7 Å². The van der Waals surface area contributed by atoms with E-state index >= 15 is 0 Å². The largest absolute Gasteiger partial charge is 0.369 e. The molecule has 1 fully saturated rings. The number of hydrogen-bond acceptors (Lipinski definition) is 5. The molecule has 2 N–H and O–H groups in total. The van der Waals surface area contributed by atoms with E-state index in [1.54, 1.807) is 0 Å². The lowest BCUT2D eigenvalue weighted by Gasteiger charge is -2.36. The van der Waals surface area contributed by atoms with E-state index in [2.05, 4.69) is 68.7 Å². The van der Waals surface area contributed by atoms with Crippen LogP contribution in [0.1, 0.15) is 31.2 Å². The standard InChI is InChI=1S/C25H36N8/c1-3-26-25(28-20-24-30-29-23-11-4-6-14-33(23)24)27-12-5-7-13-31-15-17-32(18-16-31)22-10-8-9-21(2)19-22/h4,6,8-11,14,19H,3,5,7,12-13,15-18,20H2,1-2H3,(H2,26,27,28). The maximum Gasteiger partial charge on any atom is 0.191 e. The van der Waals surface area contributed by atoms with E-state index in [4.69, 9.17) is 4.99 Å². The number of nitrogens with one attached hydrogen (secondary N) is 2. The Kier molecular flexibility index (Phi) is 8.14. The third kappa shape index (κ3) is 6.44. The Bertz CT molecular complexity index is 1040. The summed E-state index contributed by atoms with van der Waals surface area (Å²) < 4.78 is 1.98. The van der Waals surface area contributed by atoms with Crippen LogP contribution in [-0.2, 0) is 6.54 Å². The minimum absolute atomic E-state index is 0.492. The second-order valence-corrected chi connectivity index (χ2v) is 8.54. The first-order valence-electron chi connectivity index (χ1n) is 12.1. The summed E-state index contributed by atoms with van der Waals surface area (Å²) in [4.78, 5) is 9.78. The normalized spacial score (nSPS) is 15.2. The fraction of sp³-hybridized carbons (Fsp3) is 0.480.